The number of hydrogen-bond acceptors (Lipinski definition) is 3. The summed E-state index contributed by atoms with van der Waals surface area (Å²) in [5, 5.41) is 7.08. The van der Waals surface area contributed by atoms with E-state index in [9.17, 15) is 4.79 Å². The molecule has 5 nitrogen and oxygen atoms in total. The molecule has 0 saturated heterocycles. The highest BCUT2D eigenvalue weighted by Crippen LogP contribution is 2.18. The molecule has 19 heavy (non-hydrogen) atoms. The minimum atomic E-state index is -0.166. The van der Waals surface area contributed by atoms with Crippen molar-refractivity contribution >= 4 is 27.5 Å². The van der Waals surface area contributed by atoms with Crippen molar-refractivity contribution in [3.05, 3.63) is 46.2 Å². The third-order valence-corrected chi connectivity index (χ3v) is 3.19. The van der Waals surface area contributed by atoms with Crippen LogP contribution in [0.25, 0.3) is 0 Å². The summed E-state index contributed by atoms with van der Waals surface area (Å²) in [7, 11) is 1.87. The molecule has 0 spiro atoms. The lowest BCUT2D eigenvalue weighted by Crippen LogP contribution is -2.26. The molecule has 0 unspecified atom stereocenters. The van der Waals surface area contributed by atoms with Gasteiger partial charge >= 0.3 is 0 Å². The fourth-order valence-corrected chi connectivity index (χ4v) is 2.11. The molecule has 1 amide bonds. The van der Waals surface area contributed by atoms with Gasteiger partial charge in [0.1, 0.15) is 0 Å². The van der Waals surface area contributed by atoms with Crippen molar-refractivity contribution in [2.45, 2.75) is 6.42 Å². The molecule has 0 aliphatic heterocycles. The minimum absolute atomic E-state index is 0.166. The highest BCUT2D eigenvalue weighted by atomic mass is 79.9. The van der Waals surface area contributed by atoms with E-state index in [1.165, 1.54) is 0 Å². The summed E-state index contributed by atoms with van der Waals surface area (Å²) in [5.74, 6) is -0.166. The van der Waals surface area contributed by atoms with Crippen LogP contribution in [0.1, 0.15) is 16.1 Å². The van der Waals surface area contributed by atoms with Crippen LogP contribution in [-0.4, -0.2) is 22.2 Å². The lowest BCUT2D eigenvalue weighted by Gasteiger charge is -2.07. The first-order valence-electron chi connectivity index (χ1n) is 5.88. The topological polar surface area (TPSA) is 72.9 Å². The van der Waals surface area contributed by atoms with Crippen LogP contribution in [0.4, 0.5) is 5.69 Å². The Balaban J connectivity index is 1.90. The molecule has 3 N–H and O–H groups in total. The van der Waals surface area contributed by atoms with E-state index in [0.717, 1.165) is 10.2 Å². The maximum atomic E-state index is 11.9. The van der Waals surface area contributed by atoms with Crippen molar-refractivity contribution in [1.82, 2.24) is 15.1 Å². The smallest absolute Gasteiger partial charge is 0.253 e. The number of nitrogens with zero attached hydrogens (tertiary/aromatic N) is 2. The van der Waals surface area contributed by atoms with Crippen molar-refractivity contribution in [2.75, 3.05) is 12.3 Å². The SMILES string of the molecule is Cn1ccc(CCNC(=O)c2ccc(Br)cc2N)n1. The Kier molecular flexibility index (Phi) is 4.21. The maximum absolute atomic E-state index is 11.9. The molecule has 0 aliphatic rings. The zero-order valence-corrected chi connectivity index (χ0v) is 12.1. The number of carbonyl (C=O) groups is 1. The molecule has 0 bridgehead atoms. The van der Waals surface area contributed by atoms with E-state index in [2.05, 4.69) is 26.3 Å². The molecule has 0 radical (unpaired) electrons. The van der Waals surface area contributed by atoms with Gasteiger partial charge in [-0.3, -0.25) is 9.48 Å². The van der Waals surface area contributed by atoms with E-state index in [4.69, 9.17) is 5.73 Å². The second-order valence-electron chi connectivity index (χ2n) is 4.22. The average Bonchev–Trinajstić information content (AvgIpc) is 2.75. The molecule has 0 saturated carbocycles. The molecule has 0 aliphatic carbocycles. The van der Waals surface area contributed by atoms with Crippen molar-refractivity contribution in [1.29, 1.82) is 0 Å². The summed E-state index contributed by atoms with van der Waals surface area (Å²) < 4.78 is 2.60. The van der Waals surface area contributed by atoms with Gasteiger partial charge in [0.25, 0.3) is 5.91 Å². The highest BCUT2D eigenvalue weighted by Gasteiger charge is 2.09. The van der Waals surface area contributed by atoms with Crippen molar-refractivity contribution in [3.63, 3.8) is 0 Å². The zero-order chi connectivity index (χ0) is 13.8. The van der Waals surface area contributed by atoms with Gasteiger partial charge in [0, 0.05) is 36.4 Å². The third kappa shape index (κ3) is 3.57. The van der Waals surface area contributed by atoms with Crippen LogP contribution in [0.5, 0.6) is 0 Å². The summed E-state index contributed by atoms with van der Waals surface area (Å²) in [6.07, 6.45) is 2.58. The highest BCUT2D eigenvalue weighted by molar-refractivity contribution is 9.10. The Bertz CT molecular complexity index is 594. The molecule has 1 aromatic carbocycles. The van der Waals surface area contributed by atoms with Gasteiger partial charge in [-0.1, -0.05) is 15.9 Å². The molecule has 100 valence electrons. The Morgan fingerprint density at radius 1 is 1.47 bits per heavy atom. The Hall–Kier alpha value is -1.82. The van der Waals surface area contributed by atoms with Crippen LogP contribution in [0.2, 0.25) is 0 Å². The normalized spacial score (nSPS) is 10.4. The zero-order valence-electron chi connectivity index (χ0n) is 10.6. The van der Waals surface area contributed by atoms with E-state index in [-0.39, 0.29) is 5.91 Å². The maximum Gasteiger partial charge on any atom is 0.253 e. The van der Waals surface area contributed by atoms with E-state index < -0.39 is 0 Å². The van der Waals surface area contributed by atoms with Gasteiger partial charge in [-0.25, -0.2) is 0 Å². The van der Waals surface area contributed by atoms with Gasteiger partial charge in [0.15, 0.2) is 0 Å². The van der Waals surface area contributed by atoms with E-state index in [1.54, 1.807) is 22.9 Å². The summed E-state index contributed by atoms with van der Waals surface area (Å²) >= 11 is 3.31. The first kappa shape index (κ1) is 13.6. The van der Waals surface area contributed by atoms with Crippen LogP contribution in [0, 0.1) is 0 Å². The first-order chi connectivity index (χ1) is 9.06. The van der Waals surface area contributed by atoms with Crippen LogP contribution < -0.4 is 11.1 Å². The number of anilines is 1. The Labute approximate surface area is 119 Å². The molecule has 2 aromatic rings. The standard InChI is InChI=1S/C13H15BrN4O/c1-18-7-5-10(17-18)4-6-16-13(19)11-3-2-9(14)8-12(11)15/h2-3,5,7-8H,4,6,15H2,1H3,(H,16,19). The van der Waals surface area contributed by atoms with Gasteiger partial charge in [0.05, 0.1) is 11.3 Å². The van der Waals surface area contributed by atoms with Crippen LogP contribution in [0.3, 0.4) is 0 Å². The molecule has 0 fully saturated rings. The quantitative estimate of drug-likeness (QED) is 0.842. The molecule has 6 heteroatoms. The Morgan fingerprint density at radius 2 is 2.26 bits per heavy atom. The monoisotopic (exact) mass is 322 g/mol. The average molecular weight is 323 g/mol. The van der Waals surface area contributed by atoms with Gasteiger partial charge in [-0.2, -0.15) is 5.10 Å². The fourth-order valence-electron chi connectivity index (χ4n) is 1.74. The second-order valence-corrected chi connectivity index (χ2v) is 5.13. The lowest BCUT2D eigenvalue weighted by atomic mass is 10.1. The predicted molar refractivity (Wildman–Crippen MR) is 77.8 cm³/mol. The number of aromatic nitrogens is 2. The van der Waals surface area contributed by atoms with Gasteiger partial charge in [-0.15, -0.1) is 0 Å². The number of nitrogens with two attached hydrogens (primary N) is 1. The number of halogens is 1. The summed E-state index contributed by atoms with van der Waals surface area (Å²) in [4.78, 5) is 11.9. The largest absolute Gasteiger partial charge is 0.398 e. The van der Waals surface area contributed by atoms with Crippen molar-refractivity contribution in [2.24, 2.45) is 7.05 Å². The first-order valence-corrected chi connectivity index (χ1v) is 6.67. The van der Waals surface area contributed by atoms with Crippen molar-refractivity contribution in [3.8, 4) is 0 Å². The molecule has 1 heterocycles. The summed E-state index contributed by atoms with van der Waals surface area (Å²) in [6.45, 7) is 0.533. The van der Waals surface area contributed by atoms with Crippen LogP contribution in [0.15, 0.2) is 34.9 Å². The van der Waals surface area contributed by atoms with Crippen LogP contribution >= 0.6 is 15.9 Å². The number of nitrogen functional groups attached to an aromatic ring is 1. The van der Waals surface area contributed by atoms with E-state index in [0.29, 0.717) is 24.2 Å². The second kappa shape index (κ2) is 5.88. The molecule has 1 aromatic heterocycles. The third-order valence-electron chi connectivity index (χ3n) is 2.69. The number of amides is 1. The molecular formula is C13H15BrN4O. The predicted octanol–water partition coefficient (Wildman–Crippen LogP) is 1.74. The number of hydrogen-bond donors (Lipinski definition) is 2. The number of rotatable bonds is 4. The van der Waals surface area contributed by atoms with E-state index in [1.807, 2.05) is 19.3 Å². The number of aryl methyl sites for hydroxylation is 1. The molecule has 0 atom stereocenters. The lowest BCUT2D eigenvalue weighted by molar-refractivity contribution is 0.0955. The number of benzene rings is 1. The summed E-state index contributed by atoms with van der Waals surface area (Å²) in [6, 6.07) is 7.15. The number of nitrogens with one attached hydrogen (secondary N) is 1. The van der Waals surface area contributed by atoms with Crippen molar-refractivity contribution < 1.29 is 4.79 Å². The van der Waals surface area contributed by atoms with E-state index >= 15 is 0 Å². The fraction of sp³-hybridized carbons (Fsp3) is 0.231. The van der Waals surface area contributed by atoms with Crippen LogP contribution in [-0.2, 0) is 13.5 Å². The van der Waals surface area contributed by atoms with Gasteiger partial charge < -0.3 is 11.1 Å². The van der Waals surface area contributed by atoms with Gasteiger partial charge in [0.2, 0.25) is 0 Å². The molecular weight excluding hydrogens is 308 g/mol. The minimum Gasteiger partial charge on any atom is -0.398 e. The van der Waals surface area contributed by atoms with Gasteiger partial charge in [-0.05, 0) is 24.3 Å². The number of carbonyl (C=O) groups excluding carboxylic acids is 1. The molecule has 2 rings (SSSR count). The summed E-state index contributed by atoms with van der Waals surface area (Å²) in [5.41, 5.74) is 7.71. The Morgan fingerprint density at radius 3 is 2.89 bits per heavy atom.